The molecular formula is C12H14BrNO4S. The third kappa shape index (κ3) is 5.98. The molecule has 0 aliphatic carbocycles. The summed E-state index contributed by atoms with van der Waals surface area (Å²) in [7, 11) is -1.36. The fraction of sp³-hybridized carbons (Fsp3) is 0.333. The zero-order chi connectivity index (χ0) is 14.4. The van der Waals surface area contributed by atoms with Crippen molar-refractivity contribution < 1.29 is 18.9 Å². The Hall–Kier alpha value is -1.21. The highest BCUT2D eigenvalue weighted by atomic mass is 79.9. The number of carboxylic acids is 1. The van der Waals surface area contributed by atoms with Crippen LogP contribution in [0.15, 0.2) is 28.7 Å². The summed E-state index contributed by atoms with van der Waals surface area (Å²) in [5, 5.41) is 11.2. The van der Waals surface area contributed by atoms with Crippen LogP contribution in [0.25, 0.3) is 0 Å². The SMILES string of the molecule is CC(=O)NC(CS(=O)Cc1ccc(Br)cc1)C(=O)O. The van der Waals surface area contributed by atoms with Crippen molar-refractivity contribution in [1.29, 1.82) is 0 Å². The van der Waals surface area contributed by atoms with Gasteiger partial charge in [-0.3, -0.25) is 9.00 Å². The van der Waals surface area contributed by atoms with Gasteiger partial charge in [0.2, 0.25) is 5.91 Å². The fourth-order valence-electron chi connectivity index (χ4n) is 1.43. The number of carbonyl (C=O) groups excluding carboxylic acids is 1. The predicted octanol–water partition coefficient (Wildman–Crippen LogP) is 1.29. The van der Waals surface area contributed by atoms with E-state index in [0.717, 1.165) is 10.0 Å². The average molecular weight is 348 g/mol. The molecule has 0 radical (unpaired) electrons. The zero-order valence-corrected chi connectivity index (χ0v) is 12.7. The van der Waals surface area contributed by atoms with Gasteiger partial charge in [-0.15, -0.1) is 0 Å². The van der Waals surface area contributed by atoms with Gasteiger partial charge in [-0.2, -0.15) is 0 Å². The van der Waals surface area contributed by atoms with E-state index >= 15 is 0 Å². The summed E-state index contributed by atoms with van der Waals surface area (Å²) in [5.74, 6) is -1.48. The van der Waals surface area contributed by atoms with E-state index < -0.39 is 28.7 Å². The van der Waals surface area contributed by atoms with Crippen LogP contribution in [0.5, 0.6) is 0 Å². The van der Waals surface area contributed by atoms with Gasteiger partial charge >= 0.3 is 5.97 Å². The second kappa shape index (κ2) is 7.40. The number of hydrogen-bond donors (Lipinski definition) is 2. The lowest BCUT2D eigenvalue weighted by molar-refractivity contribution is -0.140. The first-order valence-corrected chi connectivity index (χ1v) is 7.76. The second-order valence-electron chi connectivity index (χ2n) is 3.97. The van der Waals surface area contributed by atoms with E-state index in [9.17, 15) is 13.8 Å². The Morgan fingerprint density at radius 2 is 1.95 bits per heavy atom. The number of carbonyl (C=O) groups is 2. The molecule has 7 heteroatoms. The molecule has 2 atom stereocenters. The maximum atomic E-state index is 11.9. The number of amides is 1. The number of rotatable bonds is 6. The third-order valence-corrected chi connectivity index (χ3v) is 4.16. The molecule has 2 unspecified atom stereocenters. The minimum Gasteiger partial charge on any atom is -0.480 e. The van der Waals surface area contributed by atoms with Gasteiger partial charge in [0.15, 0.2) is 0 Å². The largest absolute Gasteiger partial charge is 0.480 e. The van der Waals surface area contributed by atoms with Crippen LogP contribution in [0.3, 0.4) is 0 Å². The van der Waals surface area contributed by atoms with Crippen LogP contribution in [0, 0.1) is 0 Å². The summed E-state index contributed by atoms with van der Waals surface area (Å²) in [6.45, 7) is 1.23. The Kier molecular flexibility index (Phi) is 6.17. The molecule has 104 valence electrons. The molecule has 0 fully saturated rings. The van der Waals surface area contributed by atoms with Gasteiger partial charge in [0.25, 0.3) is 0 Å². The van der Waals surface area contributed by atoms with Crippen molar-refractivity contribution in [2.75, 3.05) is 5.75 Å². The summed E-state index contributed by atoms with van der Waals surface area (Å²) < 4.78 is 12.8. The molecule has 0 heterocycles. The molecule has 1 amide bonds. The minimum atomic E-state index is -1.36. The highest BCUT2D eigenvalue weighted by Gasteiger charge is 2.21. The van der Waals surface area contributed by atoms with Gasteiger partial charge in [-0.25, -0.2) is 4.79 Å². The highest BCUT2D eigenvalue weighted by molar-refractivity contribution is 9.10. The zero-order valence-electron chi connectivity index (χ0n) is 10.3. The monoisotopic (exact) mass is 347 g/mol. The van der Waals surface area contributed by atoms with Gasteiger partial charge < -0.3 is 10.4 Å². The lowest BCUT2D eigenvalue weighted by atomic mass is 10.2. The molecule has 0 bridgehead atoms. The summed E-state index contributed by atoms with van der Waals surface area (Å²) in [6, 6.07) is 6.17. The van der Waals surface area contributed by atoms with Crippen LogP contribution in [0.2, 0.25) is 0 Å². The van der Waals surface area contributed by atoms with Crippen LogP contribution in [-0.2, 0) is 26.1 Å². The molecule has 1 rings (SSSR count). The average Bonchev–Trinajstić information content (AvgIpc) is 2.30. The Morgan fingerprint density at radius 3 is 2.42 bits per heavy atom. The molecule has 0 aliphatic rings. The molecule has 0 aromatic heterocycles. The first-order chi connectivity index (χ1) is 8.88. The minimum absolute atomic E-state index is 0.106. The summed E-state index contributed by atoms with van der Waals surface area (Å²) in [5.41, 5.74) is 0.855. The van der Waals surface area contributed by atoms with Crippen molar-refractivity contribution in [2.24, 2.45) is 0 Å². The van der Waals surface area contributed by atoms with Gasteiger partial charge in [0.1, 0.15) is 6.04 Å². The van der Waals surface area contributed by atoms with Crippen LogP contribution < -0.4 is 5.32 Å². The van der Waals surface area contributed by atoms with Crippen LogP contribution in [-0.4, -0.2) is 33.0 Å². The lowest BCUT2D eigenvalue weighted by Crippen LogP contribution is -2.43. The first-order valence-electron chi connectivity index (χ1n) is 5.48. The van der Waals surface area contributed by atoms with E-state index in [0.29, 0.717) is 0 Å². The highest BCUT2D eigenvalue weighted by Crippen LogP contribution is 2.12. The smallest absolute Gasteiger partial charge is 0.327 e. The van der Waals surface area contributed by atoms with Crippen molar-refractivity contribution in [1.82, 2.24) is 5.32 Å². The molecule has 0 saturated carbocycles. The van der Waals surface area contributed by atoms with E-state index in [-0.39, 0.29) is 11.5 Å². The first kappa shape index (κ1) is 15.8. The molecular weight excluding hydrogens is 334 g/mol. The Balaban J connectivity index is 2.59. The maximum Gasteiger partial charge on any atom is 0.327 e. The van der Waals surface area contributed by atoms with Gasteiger partial charge in [0, 0.05) is 27.9 Å². The lowest BCUT2D eigenvalue weighted by Gasteiger charge is -2.12. The molecule has 1 aromatic carbocycles. The number of halogens is 1. The molecule has 5 nitrogen and oxygen atoms in total. The van der Waals surface area contributed by atoms with E-state index in [4.69, 9.17) is 5.11 Å². The molecule has 19 heavy (non-hydrogen) atoms. The maximum absolute atomic E-state index is 11.9. The molecule has 2 N–H and O–H groups in total. The molecule has 0 saturated heterocycles. The van der Waals surface area contributed by atoms with Crippen molar-refractivity contribution in [3.63, 3.8) is 0 Å². The van der Waals surface area contributed by atoms with Crippen molar-refractivity contribution in [2.45, 2.75) is 18.7 Å². The Labute approximate surface area is 122 Å². The molecule has 0 spiro atoms. The quantitative estimate of drug-likeness (QED) is 0.812. The van der Waals surface area contributed by atoms with E-state index in [1.165, 1.54) is 6.92 Å². The topological polar surface area (TPSA) is 83.5 Å². The van der Waals surface area contributed by atoms with Crippen molar-refractivity contribution in [3.05, 3.63) is 34.3 Å². The summed E-state index contributed by atoms with van der Waals surface area (Å²) >= 11 is 3.30. The fourth-order valence-corrected chi connectivity index (χ4v) is 2.98. The van der Waals surface area contributed by atoms with E-state index in [1.807, 2.05) is 24.3 Å². The van der Waals surface area contributed by atoms with Crippen LogP contribution in [0.1, 0.15) is 12.5 Å². The predicted molar refractivity (Wildman–Crippen MR) is 76.1 cm³/mol. The second-order valence-corrected chi connectivity index (χ2v) is 6.39. The van der Waals surface area contributed by atoms with Gasteiger partial charge in [-0.1, -0.05) is 28.1 Å². The van der Waals surface area contributed by atoms with Crippen LogP contribution >= 0.6 is 15.9 Å². The number of aliphatic carboxylic acids is 1. The number of hydrogen-bond acceptors (Lipinski definition) is 3. The molecule has 0 aliphatic heterocycles. The summed E-state index contributed by atoms with van der Waals surface area (Å²) in [4.78, 5) is 21.8. The molecule has 1 aromatic rings. The Bertz CT molecular complexity index is 489. The third-order valence-electron chi connectivity index (χ3n) is 2.27. The van der Waals surface area contributed by atoms with Gasteiger partial charge in [0.05, 0.1) is 5.75 Å². The van der Waals surface area contributed by atoms with E-state index in [1.54, 1.807) is 0 Å². The number of nitrogens with one attached hydrogen (secondary N) is 1. The summed E-state index contributed by atoms with van der Waals surface area (Å²) in [6.07, 6.45) is 0. The van der Waals surface area contributed by atoms with Gasteiger partial charge in [-0.05, 0) is 17.7 Å². The van der Waals surface area contributed by atoms with Crippen molar-refractivity contribution >= 4 is 38.6 Å². The number of carboxylic acid groups (broad SMARTS) is 1. The van der Waals surface area contributed by atoms with E-state index in [2.05, 4.69) is 21.2 Å². The van der Waals surface area contributed by atoms with Crippen LogP contribution in [0.4, 0.5) is 0 Å². The number of benzene rings is 1. The Morgan fingerprint density at radius 1 is 1.37 bits per heavy atom. The van der Waals surface area contributed by atoms with Crippen molar-refractivity contribution in [3.8, 4) is 0 Å². The standard InChI is InChI=1S/C12H14BrNO4S/c1-8(15)14-11(12(16)17)7-19(18)6-9-2-4-10(13)5-3-9/h2-5,11H,6-7H2,1H3,(H,14,15)(H,16,17). The normalized spacial score (nSPS) is 13.6.